The van der Waals surface area contributed by atoms with Crippen molar-refractivity contribution in [2.75, 3.05) is 6.54 Å². The first-order valence-electron chi connectivity index (χ1n) is 5.67. The summed E-state index contributed by atoms with van der Waals surface area (Å²) in [7, 11) is 0. The maximum absolute atomic E-state index is 11.3. The van der Waals surface area contributed by atoms with Crippen molar-refractivity contribution in [1.29, 1.82) is 0 Å². The van der Waals surface area contributed by atoms with E-state index in [1.807, 2.05) is 0 Å². The number of hydrogen-bond donors (Lipinski definition) is 2. The van der Waals surface area contributed by atoms with Crippen LogP contribution in [0.4, 0.5) is 0 Å². The molecule has 0 aromatic rings. The van der Waals surface area contributed by atoms with E-state index in [0.29, 0.717) is 25.2 Å². The highest BCUT2D eigenvalue weighted by molar-refractivity contribution is 5.75. The highest BCUT2D eigenvalue weighted by Gasteiger charge is 2.17. The molecule has 1 aliphatic rings. The van der Waals surface area contributed by atoms with Crippen LogP contribution in [0.25, 0.3) is 0 Å². The molecule has 0 heterocycles. The van der Waals surface area contributed by atoms with Crippen LogP contribution >= 0.6 is 0 Å². The summed E-state index contributed by atoms with van der Waals surface area (Å²) in [6.07, 6.45) is 5.64. The third kappa shape index (κ3) is 5.40. The summed E-state index contributed by atoms with van der Waals surface area (Å²) in [6, 6.07) is 0. The lowest BCUT2D eigenvalue weighted by molar-refractivity contribution is -0.137. The second-order valence-electron chi connectivity index (χ2n) is 4.20. The van der Waals surface area contributed by atoms with Gasteiger partial charge in [0.15, 0.2) is 0 Å². The minimum absolute atomic E-state index is 0.0623. The largest absolute Gasteiger partial charge is 0.481 e. The first kappa shape index (κ1) is 12.0. The molecule has 4 nitrogen and oxygen atoms in total. The van der Waals surface area contributed by atoms with Crippen LogP contribution < -0.4 is 5.32 Å². The lowest BCUT2D eigenvalue weighted by Crippen LogP contribution is -2.31. The monoisotopic (exact) mass is 213 g/mol. The quantitative estimate of drug-likeness (QED) is 0.630. The van der Waals surface area contributed by atoms with E-state index in [4.69, 9.17) is 5.11 Å². The van der Waals surface area contributed by atoms with Crippen molar-refractivity contribution >= 4 is 11.9 Å². The molecular weight excluding hydrogens is 194 g/mol. The van der Waals surface area contributed by atoms with E-state index in [0.717, 1.165) is 6.54 Å². The predicted octanol–water partition coefficient (Wildman–Crippen LogP) is 1.55. The topological polar surface area (TPSA) is 66.4 Å². The number of carbonyl (C=O) groups excluding carboxylic acids is 1. The average Bonchev–Trinajstić information content (AvgIpc) is 2.09. The highest BCUT2D eigenvalue weighted by atomic mass is 16.4. The Morgan fingerprint density at radius 3 is 2.40 bits per heavy atom. The molecule has 1 fully saturated rings. The van der Waals surface area contributed by atoms with Gasteiger partial charge in [0.2, 0.25) is 5.91 Å². The van der Waals surface area contributed by atoms with Crippen LogP contribution in [0.2, 0.25) is 0 Å². The maximum atomic E-state index is 11.3. The van der Waals surface area contributed by atoms with Gasteiger partial charge < -0.3 is 10.4 Å². The Bertz CT molecular complexity index is 224. The number of carboxylic acids is 1. The molecular formula is C11H19NO3. The Kier molecular flexibility index (Phi) is 5.15. The maximum Gasteiger partial charge on any atom is 0.303 e. The number of unbranched alkanes of at least 4 members (excludes halogenated alkanes) is 1. The minimum Gasteiger partial charge on any atom is -0.481 e. The van der Waals surface area contributed by atoms with Crippen LogP contribution in [0.3, 0.4) is 0 Å². The Morgan fingerprint density at radius 1 is 1.20 bits per heavy atom. The van der Waals surface area contributed by atoms with Gasteiger partial charge in [-0.15, -0.1) is 0 Å². The zero-order valence-electron chi connectivity index (χ0n) is 9.00. The van der Waals surface area contributed by atoms with Gasteiger partial charge in [-0.25, -0.2) is 0 Å². The molecule has 1 saturated carbocycles. The SMILES string of the molecule is O=C(O)CCCCC(=O)NCC1CCC1. The van der Waals surface area contributed by atoms with Crippen LogP contribution in [-0.4, -0.2) is 23.5 Å². The standard InChI is InChI=1S/C11H19NO3/c13-10(6-1-2-7-11(14)15)12-8-9-4-3-5-9/h9H,1-8H2,(H,12,13)(H,14,15). The summed E-state index contributed by atoms with van der Waals surface area (Å²) in [4.78, 5) is 21.5. The third-order valence-corrected chi connectivity index (χ3v) is 2.86. The van der Waals surface area contributed by atoms with E-state index < -0.39 is 5.97 Å². The zero-order chi connectivity index (χ0) is 11.1. The summed E-state index contributed by atoms with van der Waals surface area (Å²) >= 11 is 0. The molecule has 0 spiro atoms. The Labute approximate surface area is 90.0 Å². The molecule has 1 amide bonds. The van der Waals surface area contributed by atoms with Gasteiger partial charge >= 0.3 is 5.97 Å². The Hall–Kier alpha value is -1.06. The average molecular weight is 213 g/mol. The molecule has 0 aromatic carbocycles. The molecule has 0 saturated heterocycles. The minimum atomic E-state index is -0.787. The van der Waals surface area contributed by atoms with Crippen LogP contribution in [0.1, 0.15) is 44.9 Å². The molecule has 86 valence electrons. The number of carboxylic acid groups (broad SMARTS) is 1. The summed E-state index contributed by atoms with van der Waals surface area (Å²) in [5, 5.41) is 11.3. The molecule has 0 radical (unpaired) electrons. The molecule has 15 heavy (non-hydrogen) atoms. The van der Waals surface area contributed by atoms with Crippen molar-refractivity contribution < 1.29 is 14.7 Å². The molecule has 0 aromatic heterocycles. The van der Waals surface area contributed by atoms with Gasteiger partial charge in [0.25, 0.3) is 0 Å². The first-order chi connectivity index (χ1) is 7.18. The molecule has 4 heteroatoms. The molecule has 1 rings (SSSR count). The van der Waals surface area contributed by atoms with Gasteiger partial charge in [-0.2, -0.15) is 0 Å². The second-order valence-corrected chi connectivity index (χ2v) is 4.20. The summed E-state index contributed by atoms with van der Waals surface area (Å²) < 4.78 is 0. The fourth-order valence-electron chi connectivity index (χ4n) is 1.61. The van der Waals surface area contributed by atoms with Crippen molar-refractivity contribution in [2.24, 2.45) is 5.92 Å². The first-order valence-corrected chi connectivity index (χ1v) is 5.67. The fourth-order valence-corrected chi connectivity index (χ4v) is 1.61. The predicted molar refractivity (Wildman–Crippen MR) is 56.5 cm³/mol. The van der Waals surface area contributed by atoms with E-state index >= 15 is 0 Å². The van der Waals surface area contributed by atoms with Gasteiger partial charge in [0, 0.05) is 19.4 Å². The number of rotatable bonds is 7. The van der Waals surface area contributed by atoms with E-state index in [1.54, 1.807) is 0 Å². The Balaban J connectivity index is 1.91. The number of amides is 1. The lowest BCUT2D eigenvalue weighted by atomic mass is 9.85. The normalized spacial score (nSPS) is 15.7. The molecule has 0 aliphatic heterocycles. The number of aliphatic carboxylic acids is 1. The van der Waals surface area contributed by atoms with E-state index in [2.05, 4.69) is 5.32 Å². The summed E-state index contributed by atoms with van der Waals surface area (Å²) in [5.41, 5.74) is 0. The molecule has 1 aliphatic carbocycles. The fraction of sp³-hybridized carbons (Fsp3) is 0.818. The van der Waals surface area contributed by atoms with Crippen LogP contribution in [-0.2, 0) is 9.59 Å². The molecule has 0 unspecified atom stereocenters. The van der Waals surface area contributed by atoms with Gasteiger partial charge in [-0.1, -0.05) is 6.42 Å². The van der Waals surface area contributed by atoms with E-state index in [9.17, 15) is 9.59 Å². The summed E-state index contributed by atoms with van der Waals surface area (Å²) in [5.74, 6) is -0.0369. The molecule has 0 atom stereocenters. The zero-order valence-corrected chi connectivity index (χ0v) is 9.00. The van der Waals surface area contributed by atoms with E-state index in [-0.39, 0.29) is 12.3 Å². The highest BCUT2D eigenvalue weighted by Crippen LogP contribution is 2.25. The van der Waals surface area contributed by atoms with Crippen molar-refractivity contribution in [3.63, 3.8) is 0 Å². The number of carbonyl (C=O) groups is 2. The molecule has 0 bridgehead atoms. The van der Waals surface area contributed by atoms with Crippen molar-refractivity contribution in [3.8, 4) is 0 Å². The third-order valence-electron chi connectivity index (χ3n) is 2.86. The van der Waals surface area contributed by atoms with Crippen LogP contribution in [0, 0.1) is 5.92 Å². The number of nitrogens with one attached hydrogen (secondary N) is 1. The van der Waals surface area contributed by atoms with Crippen molar-refractivity contribution in [2.45, 2.75) is 44.9 Å². The summed E-state index contributed by atoms with van der Waals surface area (Å²) in [6.45, 7) is 0.803. The van der Waals surface area contributed by atoms with E-state index in [1.165, 1.54) is 19.3 Å². The lowest BCUT2D eigenvalue weighted by Gasteiger charge is -2.25. The Morgan fingerprint density at radius 2 is 1.87 bits per heavy atom. The van der Waals surface area contributed by atoms with Gasteiger partial charge in [-0.05, 0) is 31.6 Å². The smallest absolute Gasteiger partial charge is 0.303 e. The van der Waals surface area contributed by atoms with Gasteiger partial charge in [0.1, 0.15) is 0 Å². The molecule has 2 N–H and O–H groups in total. The number of hydrogen-bond acceptors (Lipinski definition) is 2. The second kappa shape index (κ2) is 6.43. The van der Waals surface area contributed by atoms with Gasteiger partial charge in [0.05, 0.1) is 0 Å². The van der Waals surface area contributed by atoms with Crippen molar-refractivity contribution in [1.82, 2.24) is 5.32 Å². The van der Waals surface area contributed by atoms with Gasteiger partial charge in [-0.3, -0.25) is 9.59 Å². The van der Waals surface area contributed by atoms with Crippen LogP contribution in [0.5, 0.6) is 0 Å². The van der Waals surface area contributed by atoms with Crippen LogP contribution in [0.15, 0.2) is 0 Å². The van der Waals surface area contributed by atoms with Crippen molar-refractivity contribution in [3.05, 3.63) is 0 Å².